The zero-order chi connectivity index (χ0) is 18.1. The lowest BCUT2D eigenvalue weighted by molar-refractivity contribution is 0.0947. The number of amides is 1. The van der Waals surface area contributed by atoms with Crippen molar-refractivity contribution in [1.82, 2.24) is 10.3 Å². The van der Waals surface area contributed by atoms with E-state index in [-0.39, 0.29) is 5.91 Å². The Morgan fingerprint density at radius 1 is 1.16 bits per heavy atom. The number of hydrogen-bond donors (Lipinski definition) is 1. The molecule has 0 unspecified atom stereocenters. The van der Waals surface area contributed by atoms with E-state index >= 15 is 0 Å². The number of ether oxygens (including phenoxy) is 3. The molecule has 1 heterocycles. The molecule has 2 aromatic rings. The first kappa shape index (κ1) is 18.6. The summed E-state index contributed by atoms with van der Waals surface area (Å²) in [6.45, 7) is 3.13. The minimum absolute atomic E-state index is 0.243. The Morgan fingerprint density at radius 3 is 2.72 bits per heavy atom. The van der Waals surface area contributed by atoms with E-state index in [1.807, 2.05) is 18.2 Å². The molecule has 134 valence electrons. The predicted molar refractivity (Wildman–Crippen MR) is 95.4 cm³/mol. The molecular weight excluding hydrogens is 320 g/mol. The molecule has 1 N–H and O–H groups in total. The third-order valence-corrected chi connectivity index (χ3v) is 3.65. The highest BCUT2D eigenvalue weighted by molar-refractivity contribution is 5.96. The molecule has 2 rings (SSSR count). The van der Waals surface area contributed by atoms with Crippen molar-refractivity contribution in [2.24, 2.45) is 0 Å². The van der Waals surface area contributed by atoms with Gasteiger partial charge < -0.3 is 19.5 Å². The summed E-state index contributed by atoms with van der Waals surface area (Å²) in [6.07, 6.45) is 3.65. The molecule has 0 saturated heterocycles. The van der Waals surface area contributed by atoms with Crippen LogP contribution in [0.1, 0.15) is 35.7 Å². The van der Waals surface area contributed by atoms with Crippen LogP contribution in [0.4, 0.5) is 0 Å². The van der Waals surface area contributed by atoms with Gasteiger partial charge in [0.25, 0.3) is 5.91 Å². The number of hydrogen-bond acceptors (Lipinski definition) is 5. The molecule has 0 atom stereocenters. The molecule has 6 nitrogen and oxygen atoms in total. The maximum absolute atomic E-state index is 12.3. The molecule has 1 amide bonds. The van der Waals surface area contributed by atoms with Gasteiger partial charge in [0.1, 0.15) is 5.56 Å². The summed E-state index contributed by atoms with van der Waals surface area (Å²) in [5.41, 5.74) is 1.31. The standard InChI is InChI=1S/C19H24N2O4/c1-4-5-11-25-16-9-8-14(12-17(16)23-2)13-21-18(22)15-7-6-10-20-19(15)24-3/h6-10,12H,4-5,11,13H2,1-3H3,(H,21,22). The maximum atomic E-state index is 12.3. The molecule has 0 fully saturated rings. The molecule has 0 aliphatic carbocycles. The van der Waals surface area contributed by atoms with Gasteiger partial charge >= 0.3 is 0 Å². The topological polar surface area (TPSA) is 69.7 Å². The number of aromatic nitrogens is 1. The second kappa shape index (κ2) is 9.52. The Kier molecular flexibility index (Phi) is 7.07. The number of benzene rings is 1. The van der Waals surface area contributed by atoms with Crippen LogP contribution in [-0.4, -0.2) is 31.7 Å². The smallest absolute Gasteiger partial charge is 0.257 e. The highest BCUT2D eigenvalue weighted by Crippen LogP contribution is 2.28. The Labute approximate surface area is 148 Å². The van der Waals surface area contributed by atoms with Crippen LogP contribution in [0.15, 0.2) is 36.5 Å². The summed E-state index contributed by atoms with van der Waals surface area (Å²) in [7, 11) is 3.09. The predicted octanol–water partition coefficient (Wildman–Crippen LogP) is 3.21. The van der Waals surface area contributed by atoms with Gasteiger partial charge in [-0.05, 0) is 36.2 Å². The fourth-order valence-electron chi connectivity index (χ4n) is 2.27. The summed E-state index contributed by atoms with van der Waals surface area (Å²) < 4.78 is 16.2. The van der Waals surface area contributed by atoms with Gasteiger partial charge in [0, 0.05) is 12.7 Å². The first-order valence-corrected chi connectivity index (χ1v) is 8.26. The van der Waals surface area contributed by atoms with Crippen molar-refractivity contribution in [3.05, 3.63) is 47.7 Å². The van der Waals surface area contributed by atoms with Crippen LogP contribution in [0.5, 0.6) is 17.4 Å². The zero-order valence-corrected chi connectivity index (χ0v) is 14.9. The van der Waals surface area contributed by atoms with Crippen LogP contribution >= 0.6 is 0 Å². The second-order valence-corrected chi connectivity index (χ2v) is 5.43. The lowest BCUT2D eigenvalue weighted by Gasteiger charge is -2.13. The largest absolute Gasteiger partial charge is 0.493 e. The van der Waals surface area contributed by atoms with Crippen molar-refractivity contribution >= 4 is 5.91 Å². The molecule has 0 saturated carbocycles. The average Bonchev–Trinajstić information content (AvgIpc) is 2.66. The maximum Gasteiger partial charge on any atom is 0.257 e. The van der Waals surface area contributed by atoms with Gasteiger partial charge in [-0.3, -0.25) is 4.79 Å². The summed E-state index contributed by atoms with van der Waals surface area (Å²) in [5, 5.41) is 2.86. The molecule has 0 aliphatic heterocycles. The van der Waals surface area contributed by atoms with Gasteiger partial charge in [0.05, 0.1) is 20.8 Å². The van der Waals surface area contributed by atoms with Crippen LogP contribution in [0.3, 0.4) is 0 Å². The van der Waals surface area contributed by atoms with Crippen molar-refractivity contribution in [3.63, 3.8) is 0 Å². The number of unbranched alkanes of at least 4 members (excludes halogenated alkanes) is 1. The van der Waals surface area contributed by atoms with Gasteiger partial charge in [-0.15, -0.1) is 0 Å². The van der Waals surface area contributed by atoms with E-state index in [9.17, 15) is 4.79 Å². The number of rotatable bonds is 9. The zero-order valence-electron chi connectivity index (χ0n) is 14.9. The number of methoxy groups -OCH3 is 2. The number of nitrogens with zero attached hydrogens (tertiary/aromatic N) is 1. The molecular formula is C19H24N2O4. The number of carbonyl (C=O) groups excluding carboxylic acids is 1. The van der Waals surface area contributed by atoms with Crippen molar-refractivity contribution in [2.75, 3.05) is 20.8 Å². The normalized spacial score (nSPS) is 10.2. The third-order valence-electron chi connectivity index (χ3n) is 3.65. The van der Waals surface area contributed by atoms with Crippen LogP contribution in [0.2, 0.25) is 0 Å². The Morgan fingerprint density at radius 2 is 2.00 bits per heavy atom. The SMILES string of the molecule is CCCCOc1ccc(CNC(=O)c2cccnc2OC)cc1OC. The molecule has 25 heavy (non-hydrogen) atoms. The van der Waals surface area contributed by atoms with Crippen LogP contribution in [0, 0.1) is 0 Å². The minimum Gasteiger partial charge on any atom is -0.493 e. The van der Waals surface area contributed by atoms with Gasteiger partial charge in [0.2, 0.25) is 5.88 Å². The number of carbonyl (C=O) groups is 1. The highest BCUT2D eigenvalue weighted by atomic mass is 16.5. The minimum atomic E-state index is -0.243. The molecule has 0 spiro atoms. The van der Waals surface area contributed by atoms with E-state index in [4.69, 9.17) is 14.2 Å². The van der Waals surface area contributed by atoms with E-state index < -0.39 is 0 Å². The van der Waals surface area contributed by atoms with E-state index in [0.717, 1.165) is 18.4 Å². The first-order valence-electron chi connectivity index (χ1n) is 8.26. The molecule has 0 bridgehead atoms. The highest BCUT2D eigenvalue weighted by Gasteiger charge is 2.13. The molecule has 1 aromatic heterocycles. The number of pyridine rings is 1. The van der Waals surface area contributed by atoms with Gasteiger partial charge in [0.15, 0.2) is 11.5 Å². The number of nitrogens with one attached hydrogen (secondary N) is 1. The average molecular weight is 344 g/mol. The Bertz CT molecular complexity index is 704. The molecule has 1 aromatic carbocycles. The summed E-state index contributed by atoms with van der Waals surface area (Å²) >= 11 is 0. The molecule has 6 heteroatoms. The Balaban J connectivity index is 2.01. The van der Waals surface area contributed by atoms with E-state index in [1.165, 1.54) is 7.11 Å². The Hall–Kier alpha value is -2.76. The monoisotopic (exact) mass is 344 g/mol. The fourth-order valence-corrected chi connectivity index (χ4v) is 2.27. The van der Waals surface area contributed by atoms with Crippen LogP contribution < -0.4 is 19.5 Å². The second-order valence-electron chi connectivity index (χ2n) is 5.43. The van der Waals surface area contributed by atoms with E-state index in [0.29, 0.717) is 36.1 Å². The van der Waals surface area contributed by atoms with Crippen molar-refractivity contribution in [3.8, 4) is 17.4 Å². The van der Waals surface area contributed by atoms with E-state index in [1.54, 1.807) is 25.4 Å². The quantitative estimate of drug-likeness (QED) is 0.708. The van der Waals surface area contributed by atoms with Crippen LogP contribution in [-0.2, 0) is 6.54 Å². The third kappa shape index (κ3) is 5.11. The summed E-state index contributed by atoms with van der Waals surface area (Å²) in [4.78, 5) is 16.3. The lowest BCUT2D eigenvalue weighted by atomic mass is 10.2. The summed E-state index contributed by atoms with van der Waals surface area (Å²) in [5.74, 6) is 1.42. The van der Waals surface area contributed by atoms with Crippen molar-refractivity contribution < 1.29 is 19.0 Å². The summed E-state index contributed by atoms with van der Waals surface area (Å²) in [6, 6.07) is 9.00. The van der Waals surface area contributed by atoms with Crippen molar-refractivity contribution in [2.45, 2.75) is 26.3 Å². The fraction of sp³-hybridized carbons (Fsp3) is 0.368. The van der Waals surface area contributed by atoms with Crippen molar-refractivity contribution in [1.29, 1.82) is 0 Å². The first-order chi connectivity index (χ1) is 12.2. The molecule has 0 aliphatic rings. The van der Waals surface area contributed by atoms with Gasteiger partial charge in [-0.25, -0.2) is 4.98 Å². The molecule has 0 radical (unpaired) electrons. The van der Waals surface area contributed by atoms with E-state index in [2.05, 4.69) is 17.2 Å². The van der Waals surface area contributed by atoms with Gasteiger partial charge in [-0.1, -0.05) is 19.4 Å². The lowest BCUT2D eigenvalue weighted by Crippen LogP contribution is -2.23. The van der Waals surface area contributed by atoms with Crippen LogP contribution in [0.25, 0.3) is 0 Å². The van der Waals surface area contributed by atoms with Gasteiger partial charge in [-0.2, -0.15) is 0 Å².